The summed E-state index contributed by atoms with van der Waals surface area (Å²) in [7, 11) is 0. The van der Waals surface area contributed by atoms with Gasteiger partial charge in [-0.3, -0.25) is 9.97 Å². The number of nitrogens with zero attached hydrogens (tertiary/aromatic N) is 2. The van der Waals surface area contributed by atoms with E-state index in [1.807, 2.05) is 0 Å². The summed E-state index contributed by atoms with van der Waals surface area (Å²) in [4.78, 5) is 18.5. The number of primary amides is 1. The van der Waals surface area contributed by atoms with Gasteiger partial charge in [0.1, 0.15) is 17.0 Å². The maximum Gasteiger partial charge on any atom is 0.423 e. The molecule has 7 nitrogen and oxygen atoms in total. The lowest BCUT2D eigenvalue weighted by Crippen LogP contribution is -2.47. The van der Waals surface area contributed by atoms with Gasteiger partial charge in [0, 0.05) is 17.1 Å². The zero-order valence-electron chi connectivity index (χ0n) is 18.7. The van der Waals surface area contributed by atoms with Gasteiger partial charge in [0.25, 0.3) is 0 Å². The second-order valence-corrected chi connectivity index (χ2v) is 8.75. The van der Waals surface area contributed by atoms with Gasteiger partial charge < -0.3 is 20.3 Å². The Kier molecular flexibility index (Phi) is 8.18. The third kappa shape index (κ3) is 6.48. The van der Waals surface area contributed by atoms with Crippen molar-refractivity contribution in [1.29, 1.82) is 0 Å². The maximum atomic E-state index is 14.0. The van der Waals surface area contributed by atoms with Gasteiger partial charge >= 0.3 is 12.3 Å². The van der Waals surface area contributed by atoms with Gasteiger partial charge in [-0.25, -0.2) is 4.79 Å². The number of halogens is 4. The first kappa shape index (κ1) is 26.7. The number of hydrogen-bond donors (Lipinski definition) is 2. The van der Waals surface area contributed by atoms with Crippen LogP contribution in [0.4, 0.5) is 18.0 Å². The van der Waals surface area contributed by atoms with Crippen LogP contribution < -0.4 is 10.5 Å². The summed E-state index contributed by atoms with van der Waals surface area (Å²) in [6, 6.07) is 4.23. The Bertz CT molecular complexity index is 970. The third-order valence-corrected chi connectivity index (χ3v) is 5.56. The standard InChI is InChI=1S/C22H27ClF3N3O4/c1-13-11-29-18(12-28-13)21(31,22(24,25)26)14(2)16-7-6-15(10-17(16)23)32-9-5-8-20(3,4)33-19(27)30/h6-7,10-12,14,31H,5,8-9H2,1-4H3,(H2,27,30). The molecule has 0 bridgehead atoms. The number of nitrogens with two attached hydrogens (primary N) is 1. The molecule has 182 valence electrons. The third-order valence-electron chi connectivity index (χ3n) is 5.24. The number of amides is 1. The van der Waals surface area contributed by atoms with E-state index in [0.717, 1.165) is 12.4 Å². The summed E-state index contributed by atoms with van der Waals surface area (Å²) in [5.41, 5.74) is 0.839. The molecular formula is C22H27ClF3N3O4. The van der Waals surface area contributed by atoms with Crippen molar-refractivity contribution < 1.29 is 32.5 Å². The van der Waals surface area contributed by atoms with Crippen LogP contribution in [0, 0.1) is 6.92 Å². The Hall–Kier alpha value is -2.59. The van der Waals surface area contributed by atoms with Crippen LogP contribution in [-0.4, -0.2) is 39.6 Å². The number of alkyl halides is 3. The molecule has 1 heterocycles. The summed E-state index contributed by atoms with van der Waals surface area (Å²) in [6.45, 7) is 6.48. The van der Waals surface area contributed by atoms with Crippen molar-refractivity contribution in [2.24, 2.45) is 5.73 Å². The largest absolute Gasteiger partial charge is 0.494 e. The quantitative estimate of drug-likeness (QED) is 0.478. The van der Waals surface area contributed by atoms with E-state index in [2.05, 4.69) is 9.97 Å². The molecule has 2 unspecified atom stereocenters. The molecule has 1 aromatic heterocycles. The van der Waals surface area contributed by atoms with Gasteiger partial charge in [-0.05, 0) is 51.3 Å². The summed E-state index contributed by atoms with van der Waals surface area (Å²) in [5.74, 6) is -1.14. The topological polar surface area (TPSA) is 108 Å². The molecule has 0 radical (unpaired) electrons. The highest BCUT2D eigenvalue weighted by Crippen LogP contribution is 2.49. The van der Waals surface area contributed by atoms with Gasteiger partial charge in [-0.2, -0.15) is 13.2 Å². The fraction of sp³-hybridized carbons (Fsp3) is 0.500. The molecule has 11 heteroatoms. The lowest BCUT2D eigenvalue weighted by atomic mass is 9.80. The smallest absolute Gasteiger partial charge is 0.423 e. The van der Waals surface area contributed by atoms with Crippen molar-refractivity contribution in [1.82, 2.24) is 9.97 Å². The lowest BCUT2D eigenvalue weighted by Gasteiger charge is -2.35. The number of aromatic nitrogens is 2. The minimum Gasteiger partial charge on any atom is -0.494 e. The molecule has 0 fully saturated rings. The van der Waals surface area contributed by atoms with Crippen LogP contribution >= 0.6 is 11.6 Å². The second-order valence-electron chi connectivity index (χ2n) is 8.34. The zero-order chi connectivity index (χ0) is 25.0. The average Bonchev–Trinajstić information content (AvgIpc) is 2.69. The Morgan fingerprint density at radius 1 is 1.24 bits per heavy atom. The maximum absolute atomic E-state index is 14.0. The highest BCUT2D eigenvalue weighted by Gasteiger charge is 2.60. The number of ether oxygens (including phenoxy) is 2. The molecule has 0 aliphatic heterocycles. The van der Waals surface area contributed by atoms with Gasteiger partial charge in [0.05, 0.1) is 18.5 Å². The number of hydrogen-bond acceptors (Lipinski definition) is 6. The molecule has 0 saturated carbocycles. The monoisotopic (exact) mass is 489 g/mol. The summed E-state index contributed by atoms with van der Waals surface area (Å²) >= 11 is 6.27. The zero-order valence-corrected chi connectivity index (χ0v) is 19.5. The number of benzene rings is 1. The Morgan fingerprint density at radius 3 is 2.42 bits per heavy atom. The molecule has 1 amide bonds. The Balaban J connectivity index is 2.17. The average molecular weight is 490 g/mol. The van der Waals surface area contributed by atoms with Crippen LogP contribution in [0.2, 0.25) is 5.02 Å². The Morgan fingerprint density at radius 2 is 1.91 bits per heavy atom. The van der Waals surface area contributed by atoms with E-state index in [9.17, 15) is 23.1 Å². The van der Waals surface area contributed by atoms with Crippen molar-refractivity contribution >= 4 is 17.7 Å². The predicted molar refractivity (Wildman–Crippen MR) is 116 cm³/mol. The predicted octanol–water partition coefficient (Wildman–Crippen LogP) is 5.02. The number of aliphatic hydroxyl groups is 1. The highest BCUT2D eigenvalue weighted by molar-refractivity contribution is 6.31. The highest BCUT2D eigenvalue weighted by atomic mass is 35.5. The van der Waals surface area contributed by atoms with E-state index in [4.69, 9.17) is 26.8 Å². The second kappa shape index (κ2) is 10.1. The van der Waals surface area contributed by atoms with Crippen molar-refractivity contribution in [3.63, 3.8) is 0 Å². The number of rotatable bonds is 9. The summed E-state index contributed by atoms with van der Waals surface area (Å²) in [6.07, 6.45) is -2.83. The molecule has 2 rings (SSSR count). The number of carbonyl (C=O) groups excluding carboxylic acids is 1. The first-order chi connectivity index (χ1) is 15.2. The molecule has 2 atom stereocenters. The van der Waals surface area contributed by atoms with E-state index in [0.29, 0.717) is 24.3 Å². The first-order valence-electron chi connectivity index (χ1n) is 10.2. The van der Waals surface area contributed by atoms with Gasteiger partial charge in [-0.1, -0.05) is 24.6 Å². The number of aryl methyl sites for hydroxylation is 1. The molecule has 0 saturated heterocycles. The molecule has 2 aromatic rings. The van der Waals surface area contributed by atoms with E-state index in [1.54, 1.807) is 20.8 Å². The fourth-order valence-corrected chi connectivity index (χ4v) is 3.72. The number of carbonyl (C=O) groups is 1. The van der Waals surface area contributed by atoms with Crippen molar-refractivity contribution in [2.75, 3.05) is 6.61 Å². The summed E-state index contributed by atoms with van der Waals surface area (Å²) in [5, 5.41) is 10.8. The van der Waals surface area contributed by atoms with E-state index >= 15 is 0 Å². The van der Waals surface area contributed by atoms with Crippen LogP contribution in [0.3, 0.4) is 0 Å². The molecule has 0 aliphatic rings. The molecule has 1 aromatic carbocycles. The lowest BCUT2D eigenvalue weighted by molar-refractivity contribution is -0.276. The van der Waals surface area contributed by atoms with Gasteiger partial charge in [-0.15, -0.1) is 0 Å². The van der Waals surface area contributed by atoms with Crippen molar-refractivity contribution in [3.05, 3.63) is 52.6 Å². The van der Waals surface area contributed by atoms with Crippen LogP contribution in [-0.2, 0) is 10.3 Å². The van der Waals surface area contributed by atoms with Crippen molar-refractivity contribution in [2.45, 2.75) is 63.8 Å². The van der Waals surface area contributed by atoms with E-state index in [1.165, 1.54) is 25.1 Å². The van der Waals surface area contributed by atoms with Crippen molar-refractivity contribution in [3.8, 4) is 5.75 Å². The minimum absolute atomic E-state index is 0.000127. The van der Waals surface area contributed by atoms with E-state index < -0.39 is 35.1 Å². The fourth-order valence-electron chi connectivity index (χ4n) is 3.39. The first-order valence-corrected chi connectivity index (χ1v) is 10.5. The van der Waals surface area contributed by atoms with Crippen LogP contribution in [0.5, 0.6) is 5.75 Å². The summed E-state index contributed by atoms with van der Waals surface area (Å²) < 4.78 is 52.6. The molecule has 0 aliphatic carbocycles. The van der Waals surface area contributed by atoms with Crippen LogP contribution in [0.1, 0.15) is 56.5 Å². The molecule has 33 heavy (non-hydrogen) atoms. The van der Waals surface area contributed by atoms with Gasteiger partial charge in [0.15, 0.2) is 0 Å². The normalized spacial score (nSPS) is 14.9. The van der Waals surface area contributed by atoms with Crippen LogP contribution in [0.15, 0.2) is 30.6 Å². The van der Waals surface area contributed by atoms with Gasteiger partial charge in [0.2, 0.25) is 5.60 Å². The molecular weight excluding hydrogens is 463 g/mol. The Labute approximate surface area is 195 Å². The SMILES string of the molecule is Cc1cnc(C(O)(C(C)c2ccc(OCCCC(C)(C)OC(N)=O)cc2Cl)C(F)(F)F)cn1. The van der Waals surface area contributed by atoms with E-state index in [-0.39, 0.29) is 17.2 Å². The molecule has 0 spiro atoms. The van der Waals surface area contributed by atoms with Crippen LogP contribution in [0.25, 0.3) is 0 Å². The minimum atomic E-state index is -5.03. The molecule has 3 N–H and O–H groups in total.